The van der Waals surface area contributed by atoms with Crippen LogP contribution in [0.25, 0.3) is 6.08 Å². The van der Waals surface area contributed by atoms with Crippen LogP contribution in [0.3, 0.4) is 0 Å². The highest BCUT2D eigenvalue weighted by atomic mass is 16.3. The van der Waals surface area contributed by atoms with Crippen molar-refractivity contribution < 1.29 is 9.90 Å². The summed E-state index contributed by atoms with van der Waals surface area (Å²) in [5.41, 5.74) is 2.98. The van der Waals surface area contributed by atoms with E-state index in [1.807, 2.05) is 18.2 Å². The number of hydrogen-bond donors (Lipinski definition) is 1. The second kappa shape index (κ2) is 4.11. The fourth-order valence-electron chi connectivity index (χ4n) is 2.19. The molecule has 18 heavy (non-hydrogen) atoms. The third-order valence-electron chi connectivity index (χ3n) is 3.10. The number of aromatic nitrogens is 1. The Bertz CT molecular complexity index is 645. The van der Waals surface area contributed by atoms with Gasteiger partial charge in [0.15, 0.2) is 5.78 Å². The molecule has 0 radical (unpaired) electrons. The van der Waals surface area contributed by atoms with Crippen LogP contribution < -0.4 is 0 Å². The van der Waals surface area contributed by atoms with E-state index < -0.39 is 0 Å². The highest BCUT2D eigenvalue weighted by molar-refractivity contribution is 6.16. The standard InChI is InChI=1S/C15H11NO2/c17-14-3-1-2-12-13(14)9-11(15(12)18)8-10-4-6-16-7-5-10/h1-8,17H,9H2/b11-8+. The molecule has 1 heterocycles. The molecule has 1 N–H and O–H groups in total. The SMILES string of the molecule is O=C1/C(=C/c2ccncc2)Cc2c(O)cccc21. The lowest BCUT2D eigenvalue weighted by Crippen LogP contribution is -1.94. The summed E-state index contributed by atoms with van der Waals surface area (Å²) in [6, 6.07) is 8.76. The lowest BCUT2D eigenvalue weighted by molar-refractivity contribution is 0.104. The minimum absolute atomic E-state index is 0.00212. The van der Waals surface area contributed by atoms with Crippen molar-refractivity contribution in [3.63, 3.8) is 0 Å². The fraction of sp³-hybridized carbons (Fsp3) is 0.0667. The predicted molar refractivity (Wildman–Crippen MR) is 68.4 cm³/mol. The summed E-state index contributed by atoms with van der Waals surface area (Å²) in [6.07, 6.45) is 5.72. The van der Waals surface area contributed by atoms with Crippen LogP contribution in [0.15, 0.2) is 48.3 Å². The van der Waals surface area contributed by atoms with Crippen molar-refractivity contribution in [1.82, 2.24) is 4.98 Å². The Kier molecular flexibility index (Phi) is 2.45. The molecule has 0 spiro atoms. The largest absolute Gasteiger partial charge is 0.508 e. The molecule has 0 atom stereocenters. The summed E-state index contributed by atoms with van der Waals surface area (Å²) in [5.74, 6) is 0.191. The zero-order valence-corrected chi connectivity index (χ0v) is 9.63. The highest BCUT2D eigenvalue weighted by Crippen LogP contribution is 2.33. The van der Waals surface area contributed by atoms with Gasteiger partial charge in [0.2, 0.25) is 0 Å². The summed E-state index contributed by atoms with van der Waals surface area (Å²) in [4.78, 5) is 16.1. The molecule has 0 fully saturated rings. The maximum absolute atomic E-state index is 12.2. The Morgan fingerprint density at radius 1 is 1.17 bits per heavy atom. The van der Waals surface area contributed by atoms with Crippen LogP contribution in [0.2, 0.25) is 0 Å². The van der Waals surface area contributed by atoms with E-state index in [9.17, 15) is 9.90 Å². The number of pyridine rings is 1. The van der Waals surface area contributed by atoms with Crippen molar-refractivity contribution in [3.8, 4) is 5.75 Å². The van der Waals surface area contributed by atoms with Crippen molar-refractivity contribution in [3.05, 3.63) is 65.0 Å². The summed E-state index contributed by atoms with van der Waals surface area (Å²) in [5, 5.41) is 9.74. The summed E-state index contributed by atoms with van der Waals surface area (Å²) >= 11 is 0. The number of phenols is 1. The van der Waals surface area contributed by atoms with E-state index in [0.717, 1.165) is 11.1 Å². The van der Waals surface area contributed by atoms with E-state index in [-0.39, 0.29) is 11.5 Å². The number of phenolic OH excluding ortho intramolecular Hbond substituents is 1. The first kappa shape index (κ1) is 10.7. The second-order valence-electron chi connectivity index (χ2n) is 4.26. The number of allylic oxidation sites excluding steroid dienone is 1. The Hall–Kier alpha value is -2.42. The number of benzene rings is 1. The van der Waals surface area contributed by atoms with Gasteiger partial charge in [0.25, 0.3) is 0 Å². The van der Waals surface area contributed by atoms with Crippen LogP contribution in [0.1, 0.15) is 21.5 Å². The molecule has 0 bridgehead atoms. The first-order chi connectivity index (χ1) is 8.75. The number of ketones is 1. The summed E-state index contributed by atoms with van der Waals surface area (Å²) in [6.45, 7) is 0. The molecule has 88 valence electrons. The van der Waals surface area contributed by atoms with Crippen molar-refractivity contribution in [2.24, 2.45) is 0 Å². The number of rotatable bonds is 1. The van der Waals surface area contributed by atoms with Gasteiger partial charge in [-0.05, 0) is 29.8 Å². The summed E-state index contributed by atoms with van der Waals surface area (Å²) in [7, 11) is 0. The molecule has 0 amide bonds. The molecule has 1 aromatic heterocycles. The lowest BCUT2D eigenvalue weighted by atomic mass is 10.1. The molecule has 0 saturated heterocycles. The van der Waals surface area contributed by atoms with Crippen LogP contribution in [0, 0.1) is 0 Å². The van der Waals surface area contributed by atoms with Gasteiger partial charge in [0.1, 0.15) is 5.75 Å². The van der Waals surface area contributed by atoms with E-state index in [1.54, 1.807) is 30.6 Å². The van der Waals surface area contributed by atoms with Gasteiger partial charge >= 0.3 is 0 Å². The lowest BCUT2D eigenvalue weighted by Gasteiger charge is -1.97. The van der Waals surface area contributed by atoms with Crippen molar-refractivity contribution in [1.29, 1.82) is 0 Å². The van der Waals surface area contributed by atoms with Crippen LogP contribution in [-0.2, 0) is 6.42 Å². The highest BCUT2D eigenvalue weighted by Gasteiger charge is 2.26. The van der Waals surface area contributed by atoms with Crippen LogP contribution in [-0.4, -0.2) is 15.9 Å². The predicted octanol–water partition coefficient (Wildman–Crippen LogP) is 2.61. The quantitative estimate of drug-likeness (QED) is 0.775. The second-order valence-corrected chi connectivity index (χ2v) is 4.26. The molecule has 2 aromatic rings. The normalized spacial score (nSPS) is 16.0. The van der Waals surface area contributed by atoms with Gasteiger partial charge in [-0.1, -0.05) is 12.1 Å². The fourth-order valence-corrected chi connectivity index (χ4v) is 2.19. The molecule has 3 rings (SSSR count). The number of carbonyl (C=O) groups excluding carboxylic acids is 1. The van der Waals surface area contributed by atoms with Crippen molar-refractivity contribution in [2.75, 3.05) is 0 Å². The minimum atomic E-state index is -0.00212. The Morgan fingerprint density at radius 2 is 1.94 bits per heavy atom. The molecule has 1 aromatic carbocycles. The number of carbonyl (C=O) groups is 1. The van der Waals surface area contributed by atoms with E-state index in [4.69, 9.17) is 0 Å². The van der Waals surface area contributed by atoms with E-state index >= 15 is 0 Å². The van der Waals surface area contributed by atoms with E-state index in [0.29, 0.717) is 17.6 Å². The maximum Gasteiger partial charge on any atom is 0.189 e. The zero-order chi connectivity index (χ0) is 12.5. The molecular weight excluding hydrogens is 226 g/mol. The maximum atomic E-state index is 12.2. The minimum Gasteiger partial charge on any atom is -0.508 e. The molecule has 1 aliphatic rings. The van der Waals surface area contributed by atoms with Crippen molar-refractivity contribution in [2.45, 2.75) is 6.42 Å². The Morgan fingerprint density at radius 3 is 2.67 bits per heavy atom. The molecule has 0 saturated carbocycles. The average Bonchev–Trinajstić information content (AvgIpc) is 2.70. The Balaban J connectivity index is 2.03. The third kappa shape index (κ3) is 1.70. The first-order valence-electron chi connectivity index (χ1n) is 5.72. The van der Waals surface area contributed by atoms with Crippen LogP contribution in [0.5, 0.6) is 5.75 Å². The smallest absolute Gasteiger partial charge is 0.189 e. The average molecular weight is 237 g/mol. The molecule has 3 heteroatoms. The van der Waals surface area contributed by atoms with Gasteiger partial charge < -0.3 is 5.11 Å². The topological polar surface area (TPSA) is 50.2 Å². The van der Waals surface area contributed by atoms with E-state index in [1.165, 1.54) is 0 Å². The molecule has 0 unspecified atom stereocenters. The van der Waals surface area contributed by atoms with Crippen molar-refractivity contribution >= 4 is 11.9 Å². The van der Waals surface area contributed by atoms with Crippen LogP contribution in [0.4, 0.5) is 0 Å². The number of hydrogen-bond acceptors (Lipinski definition) is 3. The van der Waals surface area contributed by atoms with Gasteiger partial charge in [-0.2, -0.15) is 0 Å². The summed E-state index contributed by atoms with van der Waals surface area (Å²) < 4.78 is 0. The number of Topliss-reactive ketones (excluding diaryl/α,β-unsaturated/α-hetero) is 1. The van der Waals surface area contributed by atoms with Gasteiger partial charge in [0.05, 0.1) is 0 Å². The monoisotopic (exact) mass is 237 g/mol. The number of fused-ring (bicyclic) bond motifs is 1. The molecule has 1 aliphatic carbocycles. The van der Waals surface area contributed by atoms with E-state index in [2.05, 4.69) is 4.98 Å². The molecular formula is C15H11NO2. The van der Waals surface area contributed by atoms with Gasteiger partial charge in [-0.25, -0.2) is 0 Å². The number of aromatic hydroxyl groups is 1. The van der Waals surface area contributed by atoms with Gasteiger partial charge in [-0.3, -0.25) is 9.78 Å². The Labute approximate surface area is 104 Å². The molecule has 0 aliphatic heterocycles. The first-order valence-corrected chi connectivity index (χ1v) is 5.72. The van der Waals surface area contributed by atoms with Gasteiger partial charge in [-0.15, -0.1) is 0 Å². The molecule has 3 nitrogen and oxygen atoms in total. The van der Waals surface area contributed by atoms with Crippen LogP contribution >= 0.6 is 0 Å². The zero-order valence-electron chi connectivity index (χ0n) is 9.63. The van der Waals surface area contributed by atoms with Gasteiger partial charge in [0, 0.05) is 35.5 Å². The third-order valence-corrected chi connectivity index (χ3v) is 3.10. The number of nitrogens with zero attached hydrogens (tertiary/aromatic N) is 1.